The van der Waals surface area contributed by atoms with Gasteiger partial charge in [-0.05, 0) is 24.1 Å². The number of alkyl halides is 1. The maximum atomic E-state index is 12.2. The third kappa shape index (κ3) is 4.07. The number of nitrogens with one attached hydrogen (secondary N) is 1. The number of hydrogen-bond acceptors (Lipinski definition) is 2. The zero-order valence-electron chi connectivity index (χ0n) is 10.9. The zero-order chi connectivity index (χ0) is 14.4. The van der Waals surface area contributed by atoms with E-state index in [1.807, 2.05) is 30.3 Å². The van der Waals surface area contributed by atoms with Gasteiger partial charge in [0.05, 0.1) is 4.90 Å². The first-order valence-electron chi connectivity index (χ1n) is 6.29. The summed E-state index contributed by atoms with van der Waals surface area (Å²) in [4.78, 5) is 0.253. The summed E-state index contributed by atoms with van der Waals surface area (Å²) < 4.78 is 27.1. The van der Waals surface area contributed by atoms with Crippen molar-refractivity contribution in [3.05, 3.63) is 66.2 Å². The fourth-order valence-electron chi connectivity index (χ4n) is 1.91. The Labute approximate surface area is 124 Å². The first-order chi connectivity index (χ1) is 9.62. The van der Waals surface area contributed by atoms with Crippen molar-refractivity contribution in [2.45, 2.75) is 17.4 Å². The topological polar surface area (TPSA) is 46.2 Å². The van der Waals surface area contributed by atoms with Crippen molar-refractivity contribution in [2.75, 3.05) is 5.88 Å². The third-order valence-electron chi connectivity index (χ3n) is 2.89. The Morgan fingerprint density at radius 1 is 0.950 bits per heavy atom. The van der Waals surface area contributed by atoms with E-state index in [0.29, 0.717) is 6.42 Å². The molecule has 0 aliphatic heterocycles. The van der Waals surface area contributed by atoms with Gasteiger partial charge in [0.15, 0.2) is 0 Å². The molecule has 106 valence electrons. The van der Waals surface area contributed by atoms with Crippen LogP contribution in [0.15, 0.2) is 65.6 Å². The quantitative estimate of drug-likeness (QED) is 0.834. The molecule has 0 radical (unpaired) electrons. The molecule has 0 amide bonds. The molecule has 0 aliphatic rings. The van der Waals surface area contributed by atoms with Gasteiger partial charge in [0, 0.05) is 11.9 Å². The molecular formula is C15H16ClNO2S. The van der Waals surface area contributed by atoms with Crippen molar-refractivity contribution in [2.24, 2.45) is 0 Å². The lowest BCUT2D eigenvalue weighted by atomic mass is 10.1. The fourth-order valence-corrected chi connectivity index (χ4v) is 3.45. The first kappa shape index (κ1) is 15.0. The molecule has 0 saturated carbocycles. The van der Waals surface area contributed by atoms with Gasteiger partial charge in [-0.2, -0.15) is 0 Å². The third-order valence-corrected chi connectivity index (χ3v) is 4.80. The fraction of sp³-hybridized carbons (Fsp3) is 0.200. The van der Waals surface area contributed by atoms with Gasteiger partial charge in [-0.15, -0.1) is 11.6 Å². The minimum atomic E-state index is -3.53. The van der Waals surface area contributed by atoms with E-state index >= 15 is 0 Å². The lowest BCUT2D eigenvalue weighted by Gasteiger charge is -2.16. The molecular weight excluding hydrogens is 294 g/mol. The maximum Gasteiger partial charge on any atom is 0.240 e. The summed E-state index contributed by atoms with van der Waals surface area (Å²) in [5, 5.41) is 0. The highest BCUT2D eigenvalue weighted by atomic mass is 35.5. The Morgan fingerprint density at radius 2 is 1.50 bits per heavy atom. The average molecular weight is 310 g/mol. The zero-order valence-corrected chi connectivity index (χ0v) is 12.4. The van der Waals surface area contributed by atoms with Crippen molar-refractivity contribution in [3.63, 3.8) is 0 Å². The molecule has 0 fully saturated rings. The number of halogens is 1. The Bertz CT molecular complexity index is 629. The number of benzene rings is 2. The van der Waals surface area contributed by atoms with Crippen LogP contribution in [0, 0.1) is 0 Å². The summed E-state index contributed by atoms with van der Waals surface area (Å²) in [6, 6.07) is 17.7. The summed E-state index contributed by atoms with van der Waals surface area (Å²) in [5.74, 6) is 0.223. The van der Waals surface area contributed by atoms with Gasteiger partial charge in [-0.3, -0.25) is 0 Å². The predicted molar refractivity (Wildman–Crippen MR) is 81.4 cm³/mol. The number of hydrogen-bond donors (Lipinski definition) is 1. The van der Waals surface area contributed by atoms with E-state index in [1.54, 1.807) is 30.3 Å². The van der Waals surface area contributed by atoms with Crippen LogP contribution in [0.5, 0.6) is 0 Å². The van der Waals surface area contributed by atoms with Crippen molar-refractivity contribution >= 4 is 21.6 Å². The Hall–Kier alpha value is -1.36. The molecule has 0 unspecified atom stereocenters. The lowest BCUT2D eigenvalue weighted by Crippen LogP contribution is -2.37. The van der Waals surface area contributed by atoms with Gasteiger partial charge < -0.3 is 0 Å². The lowest BCUT2D eigenvalue weighted by molar-refractivity contribution is 0.561. The molecule has 20 heavy (non-hydrogen) atoms. The van der Waals surface area contributed by atoms with Crippen LogP contribution in [0.3, 0.4) is 0 Å². The van der Waals surface area contributed by atoms with Gasteiger partial charge in [-0.25, -0.2) is 13.1 Å². The van der Waals surface area contributed by atoms with E-state index in [1.165, 1.54) is 0 Å². The van der Waals surface area contributed by atoms with Crippen molar-refractivity contribution in [1.29, 1.82) is 0 Å². The summed E-state index contributed by atoms with van der Waals surface area (Å²) in [6.45, 7) is 0. The van der Waals surface area contributed by atoms with Crippen LogP contribution in [0.4, 0.5) is 0 Å². The van der Waals surface area contributed by atoms with E-state index < -0.39 is 10.0 Å². The molecule has 0 heterocycles. The van der Waals surface area contributed by atoms with Crippen LogP contribution in [0.1, 0.15) is 5.56 Å². The van der Waals surface area contributed by atoms with Gasteiger partial charge >= 0.3 is 0 Å². The van der Waals surface area contributed by atoms with Crippen LogP contribution >= 0.6 is 11.6 Å². The minimum absolute atomic E-state index is 0.223. The maximum absolute atomic E-state index is 12.2. The van der Waals surface area contributed by atoms with E-state index in [4.69, 9.17) is 11.6 Å². The van der Waals surface area contributed by atoms with Crippen molar-refractivity contribution < 1.29 is 8.42 Å². The highest BCUT2D eigenvalue weighted by Crippen LogP contribution is 2.11. The Morgan fingerprint density at radius 3 is 2.05 bits per heavy atom. The molecule has 3 nitrogen and oxygen atoms in total. The van der Waals surface area contributed by atoms with Crippen molar-refractivity contribution in [3.8, 4) is 0 Å². The predicted octanol–water partition coefficient (Wildman–Crippen LogP) is 2.82. The van der Waals surface area contributed by atoms with Crippen LogP contribution < -0.4 is 4.72 Å². The second-order valence-electron chi connectivity index (χ2n) is 4.48. The molecule has 2 aromatic rings. The molecule has 0 bridgehead atoms. The molecule has 1 atom stereocenters. The molecule has 0 saturated heterocycles. The van der Waals surface area contributed by atoms with Crippen LogP contribution in [-0.4, -0.2) is 20.3 Å². The molecule has 2 aromatic carbocycles. The highest BCUT2D eigenvalue weighted by molar-refractivity contribution is 7.89. The standard InChI is InChI=1S/C15H16ClNO2S/c16-12-14(11-13-7-3-1-4-8-13)17-20(18,19)15-9-5-2-6-10-15/h1-10,14,17H,11-12H2/t14-/m0/s1. The first-order valence-corrected chi connectivity index (χ1v) is 8.31. The minimum Gasteiger partial charge on any atom is -0.207 e. The van der Waals surface area contributed by atoms with Crippen molar-refractivity contribution in [1.82, 2.24) is 4.72 Å². The second kappa shape index (κ2) is 6.88. The number of sulfonamides is 1. The van der Waals surface area contributed by atoms with Crippen LogP contribution in [-0.2, 0) is 16.4 Å². The SMILES string of the molecule is O=S(=O)(N[C@H](CCl)Cc1ccccc1)c1ccccc1. The van der Waals surface area contributed by atoms with Crippen LogP contribution in [0.2, 0.25) is 0 Å². The van der Waals surface area contributed by atoms with E-state index in [9.17, 15) is 8.42 Å². The molecule has 0 spiro atoms. The molecule has 5 heteroatoms. The van der Waals surface area contributed by atoms with Gasteiger partial charge in [0.25, 0.3) is 0 Å². The van der Waals surface area contributed by atoms with E-state index in [0.717, 1.165) is 5.56 Å². The second-order valence-corrected chi connectivity index (χ2v) is 6.50. The summed E-state index contributed by atoms with van der Waals surface area (Å²) in [7, 11) is -3.53. The monoisotopic (exact) mass is 309 g/mol. The van der Waals surface area contributed by atoms with Gasteiger partial charge in [0.1, 0.15) is 0 Å². The van der Waals surface area contributed by atoms with E-state index in [-0.39, 0.29) is 16.8 Å². The molecule has 0 aliphatic carbocycles. The average Bonchev–Trinajstić information content (AvgIpc) is 2.48. The molecule has 0 aromatic heterocycles. The van der Waals surface area contributed by atoms with E-state index in [2.05, 4.69) is 4.72 Å². The van der Waals surface area contributed by atoms with Crippen LogP contribution in [0.25, 0.3) is 0 Å². The number of rotatable bonds is 6. The Kier molecular flexibility index (Phi) is 5.17. The molecule has 1 N–H and O–H groups in total. The normalized spacial score (nSPS) is 13.1. The Balaban J connectivity index is 2.10. The highest BCUT2D eigenvalue weighted by Gasteiger charge is 2.19. The summed E-state index contributed by atoms with van der Waals surface area (Å²) >= 11 is 5.88. The smallest absolute Gasteiger partial charge is 0.207 e. The largest absolute Gasteiger partial charge is 0.240 e. The van der Waals surface area contributed by atoms with Gasteiger partial charge in [-0.1, -0.05) is 48.5 Å². The summed E-state index contributed by atoms with van der Waals surface area (Å²) in [5.41, 5.74) is 1.05. The summed E-state index contributed by atoms with van der Waals surface area (Å²) in [6.07, 6.45) is 0.566. The molecule has 2 rings (SSSR count). The van der Waals surface area contributed by atoms with Gasteiger partial charge in [0.2, 0.25) is 10.0 Å².